The maximum Gasteiger partial charge on any atom is 0.0634 e. The first-order chi connectivity index (χ1) is 7.10. The van der Waals surface area contributed by atoms with Crippen LogP contribution in [0.1, 0.15) is 12.0 Å². The quantitative estimate of drug-likeness (QED) is 0.763. The van der Waals surface area contributed by atoms with Gasteiger partial charge in [0.15, 0.2) is 0 Å². The predicted molar refractivity (Wildman–Crippen MR) is 63.3 cm³/mol. The van der Waals surface area contributed by atoms with Crippen LogP contribution in [0.2, 0.25) is 5.02 Å². The Morgan fingerprint density at radius 1 is 1.20 bits per heavy atom. The second-order valence-electron chi connectivity index (χ2n) is 3.79. The highest BCUT2D eigenvalue weighted by Crippen LogP contribution is 2.28. The Kier molecular flexibility index (Phi) is 2.55. The summed E-state index contributed by atoms with van der Waals surface area (Å²) in [6.45, 7) is 0. The summed E-state index contributed by atoms with van der Waals surface area (Å²) in [5, 5.41) is 0.720. The molecule has 2 nitrogen and oxygen atoms in total. The fraction of sp³-hybridized carbons (Fsp3) is 0.167. The highest BCUT2D eigenvalue weighted by atomic mass is 35.5. The van der Waals surface area contributed by atoms with Gasteiger partial charge in [-0.15, -0.1) is 0 Å². The average molecular weight is 221 g/mol. The average Bonchev–Trinajstić information content (AvgIpc) is 2.24. The summed E-state index contributed by atoms with van der Waals surface area (Å²) in [4.78, 5) is 0. The zero-order valence-corrected chi connectivity index (χ0v) is 9.04. The van der Waals surface area contributed by atoms with E-state index in [0.29, 0.717) is 0 Å². The van der Waals surface area contributed by atoms with Gasteiger partial charge < -0.3 is 11.5 Å². The van der Waals surface area contributed by atoms with Crippen LogP contribution in [0.4, 0.5) is 0 Å². The molecule has 0 heterocycles. The van der Waals surface area contributed by atoms with Gasteiger partial charge in [0.2, 0.25) is 0 Å². The van der Waals surface area contributed by atoms with Gasteiger partial charge in [-0.2, -0.15) is 0 Å². The molecule has 4 N–H and O–H groups in total. The van der Waals surface area contributed by atoms with Crippen molar-refractivity contribution in [1.29, 1.82) is 0 Å². The van der Waals surface area contributed by atoms with Gasteiger partial charge in [-0.05, 0) is 30.2 Å². The molecule has 0 saturated carbocycles. The normalized spacial score (nSPS) is 25.1. The first-order valence-electron chi connectivity index (χ1n) is 4.80. The van der Waals surface area contributed by atoms with Crippen LogP contribution in [0.5, 0.6) is 0 Å². The number of nitrogens with two attached hydrogens (primary N) is 2. The van der Waals surface area contributed by atoms with Crippen molar-refractivity contribution >= 4 is 11.6 Å². The molecule has 78 valence electrons. The minimum Gasteiger partial charge on any atom is -0.399 e. The maximum absolute atomic E-state index is 6.26. The van der Waals surface area contributed by atoms with Crippen molar-refractivity contribution in [1.82, 2.24) is 0 Å². The summed E-state index contributed by atoms with van der Waals surface area (Å²) < 4.78 is 0. The van der Waals surface area contributed by atoms with Crippen LogP contribution in [-0.2, 0) is 5.54 Å². The second-order valence-corrected chi connectivity index (χ2v) is 4.23. The Labute approximate surface area is 94.2 Å². The lowest BCUT2D eigenvalue weighted by Crippen LogP contribution is -2.35. The smallest absolute Gasteiger partial charge is 0.0634 e. The lowest BCUT2D eigenvalue weighted by molar-refractivity contribution is 0.562. The van der Waals surface area contributed by atoms with Gasteiger partial charge in [0, 0.05) is 10.7 Å². The van der Waals surface area contributed by atoms with E-state index in [4.69, 9.17) is 23.1 Å². The van der Waals surface area contributed by atoms with Crippen molar-refractivity contribution in [2.24, 2.45) is 11.5 Å². The second kappa shape index (κ2) is 3.72. The highest BCUT2D eigenvalue weighted by molar-refractivity contribution is 6.30. The van der Waals surface area contributed by atoms with Gasteiger partial charge in [0.05, 0.1) is 5.54 Å². The van der Waals surface area contributed by atoms with Crippen molar-refractivity contribution in [3.05, 3.63) is 58.8 Å². The summed E-state index contributed by atoms with van der Waals surface area (Å²) in [6.07, 6.45) is 6.44. The molecule has 0 bridgehead atoms. The van der Waals surface area contributed by atoms with Crippen LogP contribution in [0.25, 0.3) is 0 Å². The summed E-state index contributed by atoms with van der Waals surface area (Å²) in [5.74, 6) is 0. The van der Waals surface area contributed by atoms with Gasteiger partial charge in [0.25, 0.3) is 0 Å². The molecule has 1 unspecified atom stereocenters. The minimum absolute atomic E-state index is 0.451. The molecule has 0 fully saturated rings. The van der Waals surface area contributed by atoms with E-state index in [1.54, 1.807) is 0 Å². The van der Waals surface area contributed by atoms with E-state index in [0.717, 1.165) is 22.7 Å². The third kappa shape index (κ3) is 2.06. The minimum atomic E-state index is -0.451. The van der Waals surface area contributed by atoms with Crippen LogP contribution in [0, 0.1) is 0 Å². The van der Waals surface area contributed by atoms with Gasteiger partial charge in [-0.3, -0.25) is 0 Å². The van der Waals surface area contributed by atoms with Crippen molar-refractivity contribution in [3.63, 3.8) is 0 Å². The van der Waals surface area contributed by atoms with Crippen molar-refractivity contribution in [2.45, 2.75) is 12.0 Å². The van der Waals surface area contributed by atoms with Gasteiger partial charge >= 0.3 is 0 Å². The van der Waals surface area contributed by atoms with Crippen LogP contribution in [-0.4, -0.2) is 0 Å². The molecule has 1 aromatic carbocycles. The molecule has 0 aromatic heterocycles. The number of hydrogen-bond acceptors (Lipinski definition) is 2. The molecule has 0 spiro atoms. The van der Waals surface area contributed by atoms with E-state index in [1.807, 2.05) is 42.5 Å². The van der Waals surface area contributed by atoms with Crippen molar-refractivity contribution < 1.29 is 0 Å². The topological polar surface area (TPSA) is 52.0 Å². The molecular formula is C12H13ClN2. The summed E-state index contributed by atoms with van der Waals surface area (Å²) in [5.41, 5.74) is 13.3. The molecule has 1 atom stereocenters. The summed E-state index contributed by atoms with van der Waals surface area (Å²) >= 11 is 5.83. The fourth-order valence-electron chi connectivity index (χ4n) is 1.64. The third-order valence-corrected chi connectivity index (χ3v) is 2.88. The molecule has 3 heteroatoms. The SMILES string of the molecule is NC1=CCC(N)(c2ccc(Cl)cc2)C=C1. The lowest BCUT2D eigenvalue weighted by atomic mass is 9.84. The van der Waals surface area contributed by atoms with Crippen molar-refractivity contribution in [2.75, 3.05) is 0 Å². The Balaban J connectivity index is 2.32. The molecule has 0 aliphatic heterocycles. The van der Waals surface area contributed by atoms with Crippen LogP contribution in [0.3, 0.4) is 0 Å². The third-order valence-electron chi connectivity index (χ3n) is 2.63. The number of rotatable bonds is 1. The number of benzene rings is 1. The summed E-state index contributed by atoms with van der Waals surface area (Å²) in [6, 6.07) is 7.59. The standard InChI is InChI=1S/C12H13ClN2/c13-10-3-1-9(2-4-10)12(15)7-5-11(14)6-8-12/h1-7H,8,14-15H2. The molecule has 0 saturated heterocycles. The molecule has 0 radical (unpaired) electrons. The predicted octanol–water partition coefficient (Wildman–Crippen LogP) is 2.30. The molecular weight excluding hydrogens is 208 g/mol. The van der Waals surface area contributed by atoms with E-state index < -0.39 is 5.54 Å². The van der Waals surface area contributed by atoms with E-state index in [-0.39, 0.29) is 0 Å². The monoisotopic (exact) mass is 220 g/mol. The highest BCUT2D eigenvalue weighted by Gasteiger charge is 2.24. The van der Waals surface area contributed by atoms with Crippen molar-refractivity contribution in [3.8, 4) is 0 Å². The summed E-state index contributed by atoms with van der Waals surface area (Å²) in [7, 11) is 0. The van der Waals surface area contributed by atoms with Gasteiger partial charge in [-0.25, -0.2) is 0 Å². The first-order valence-corrected chi connectivity index (χ1v) is 5.18. The van der Waals surface area contributed by atoms with Gasteiger partial charge in [0.1, 0.15) is 0 Å². The molecule has 2 rings (SSSR count). The fourth-order valence-corrected chi connectivity index (χ4v) is 1.77. The molecule has 1 aromatic rings. The largest absolute Gasteiger partial charge is 0.399 e. The zero-order valence-electron chi connectivity index (χ0n) is 8.28. The Hall–Kier alpha value is -1.25. The van der Waals surface area contributed by atoms with E-state index in [1.165, 1.54) is 0 Å². The molecule has 0 amide bonds. The Morgan fingerprint density at radius 3 is 2.40 bits per heavy atom. The first kappa shape index (κ1) is 10.3. The maximum atomic E-state index is 6.26. The van der Waals surface area contributed by atoms with Crippen LogP contribution in [0.15, 0.2) is 48.2 Å². The van der Waals surface area contributed by atoms with Crippen LogP contribution < -0.4 is 11.5 Å². The van der Waals surface area contributed by atoms with E-state index in [2.05, 4.69) is 0 Å². The lowest BCUT2D eigenvalue weighted by Gasteiger charge is -2.27. The zero-order chi connectivity index (χ0) is 10.9. The molecule has 1 aliphatic rings. The Morgan fingerprint density at radius 2 is 1.87 bits per heavy atom. The van der Waals surface area contributed by atoms with E-state index >= 15 is 0 Å². The van der Waals surface area contributed by atoms with Gasteiger partial charge in [-0.1, -0.05) is 35.9 Å². The number of halogens is 1. The molecule has 15 heavy (non-hydrogen) atoms. The number of hydrogen-bond donors (Lipinski definition) is 2. The number of allylic oxidation sites excluding steroid dienone is 1. The molecule has 1 aliphatic carbocycles. The van der Waals surface area contributed by atoms with Crippen LogP contribution >= 0.6 is 11.6 Å². The van der Waals surface area contributed by atoms with E-state index in [9.17, 15) is 0 Å². The Bertz CT molecular complexity index is 420.